The number of nitrogen functional groups attached to an aromatic ring is 1. The summed E-state index contributed by atoms with van der Waals surface area (Å²) in [6.07, 6.45) is 0. The van der Waals surface area contributed by atoms with Gasteiger partial charge in [-0.05, 0) is 20.8 Å². The Bertz CT molecular complexity index is 364. The highest BCUT2D eigenvalue weighted by Gasteiger charge is 2.15. The highest BCUT2D eigenvalue weighted by atomic mass is 15.4. The van der Waals surface area contributed by atoms with E-state index in [4.69, 9.17) is 5.84 Å². The molecule has 1 rings (SSSR count). The molecular formula is C10H21N7. The van der Waals surface area contributed by atoms with Crippen LogP contribution in [0.4, 0.5) is 17.8 Å². The Hall–Kier alpha value is -1.63. The van der Waals surface area contributed by atoms with E-state index < -0.39 is 0 Å². The third kappa shape index (κ3) is 3.16. The molecule has 96 valence electrons. The van der Waals surface area contributed by atoms with Crippen LogP contribution >= 0.6 is 0 Å². The lowest BCUT2D eigenvalue weighted by Gasteiger charge is -2.26. The molecular weight excluding hydrogens is 218 g/mol. The van der Waals surface area contributed by atoms with Crippen LogP contribution in [0, 0.1) is 0 Å². The smallest absolute Gasteiger partial charge is 0.243 e. The van der Waals surface area contributed by atoms with E-state index in [1.165, 1.54) is 0 Å². The normalized spacial score (nSPS) is 10.5. The predicted molar refractivity (Wildman–Crippen MR) is 70.1 cm³/mol. The third-order valence-electron chi connectivity index (χ3n) is 2.36. The Kier molecular flexibility index (Phi) is 4.45. The summed E-state index contributed by atoms with van der Waals surface area (Å²) in [5, 5.41) is 0. The average Bonchev–Trinajstić information content (AvgIpc) is 2.28. The highest BCUT2D eigenvalue weighted by molar-refractivity contribution is 5.44. The van der Waals surface area contributed by atoms with Gasteiger partial charge >= 0.3 is 0 Å². The van der Waals surface area contributed by atoms with Crippen molar-refractivity contribution >= 4 is 17.8 Å². The molecule has 0 fully saturated rings. The summed E-state index contributed by atoms with van der Waals surface area (Å²) in [4.78, 5) is 16.7. The zero-order chi connectivity index (χ0) is 13.0. The van der Waals surface area contributed by atoms with Gasteiger partial charge in [-0.2, -0.15) is 15.0 Å². The number of rotatable bonds is 5. The molecule has 0 radical (unpaired) electrons. The van der Waals surface area contributed by atoms with Gasteiger partial charge in [-0.3, -0.25) is 5.43 Å². The quantitative estimate of drug-likeness (QED) is 0.570. The Balaban J connectivity index is 3.17. The molecule has 0 aliphatic carbocycles. The minimum Gasteiger partial charge on any atom is -0.347 e. The number of nitrogens with zero attached hydrogens (tertiary/aromatic N) is 5. The summed E-state index contributed by atoms with van der Waals surface area (Å²) in [6.45, 7) is 7.09. The minimum absolute atomic E-state index is 0.322. The van der Waals surface area contributed by atoms with Crippen LogP contribution in [0.15, 0.2) is 0 Å². The highest BCUT2D eigenvalue weighted by Crippen LogP contribution is 2.16. The molecule has 0 unspecified atom stereocenters. The Morgan fingerprint density at radius 3 is 2.18 bits per heavy atom. The number of aromatic nitrogens is 3. The van der Waals surface area contributed by atoms with E-state index in [2.05, 4.69) is 46.0 Å². The van der Waals surface area contributed by atoms with Gasteiger partial charge in [-0.1, -0.05) is 0 Å². The van der Waals surface area contributed by atoms with Gasteiger partial charge in [0.25, 0.3) is 0 Å². The summed E-state index contributed by atoms with van der Waals surface area (Å²) in [7, 11) is 3.76. The first-order valence-corrected chi connectivity index (χ1v) is 5.66. The van der Waals surface area contributed by atoms with Gasteiger partial charge in [0.1, 0.15) is 0 Å². The maximum absolute atomic E-state index is 5.37. The molecule has 0 aromatic carbocycles. The summed E-state index contributed by atoms with van der Waals surface area (Å²) in [5.41, 5.74) is 2.46. The van der Waals surface area contributed by atoms with Crippen LogP contribution in [0.5, 0.6) is 0 Å². The largest absolute Gasteiger partial charge is 0.347 e. The summed E-state index contributed by atoms with van der Waals surface area (Å²) in [5.74, 6) is 6.96. The molecule has 0 spiro atoms. The monoisotopic (exact) mass is 239 g/mol. The zero-order valence-corrected chi connectivity index (χ0v) is 11.1. The van der Waals surface area contributed by atoms with Gasteiger partial charge in [0.05, 0.1) is 0 Å². The molecule has 1 aromatic rings. The fraction of sp³-hybridized carbons (Fsp3) is 0.700. The van der Waals surface area contributed by atoms with Crippen molar-refractivity contribution in [1.29, 1.82) is 0 Å². The summed E-state index contributed by atoms with van der Waals surface area (Å²) in [6, 6.07) is 0.322. The predicted octanol–water partition coefficient (Wildman–Crippen LogP) is 0.458. The molecule has 1 heterocycles. The van der Waals surface area contributed by atoms with Gasteiger partial charge in [0, 0.05) is 26.7 Å². The molecule has 0 bridgehead atoms. The number of hydrazine groups is 1. The molecule has 0 saturated heterocycles. The molecule has 0 atom stereocenters. The number of nitrogens with two attached hydrogens (primary N) is 1. The van der Waals surface area contributed by atoms with Crippen molar-refractivity contribution < 1.29 is 0 Å². The van der Waals surface area contributed by atoms with E-state index in [1.54, 1.807) is 0 Å². The second-order valence-electron chi connectivity index (χ2n) is 4.18. The number of hydrogen-bond acceptors (Lipinski definition) is 7. The first-order valence-electron chi connectivity index (χ1n) is 5.66. The minimum atomic E-state index is 0.322. The fourth-order valence-corrected chi connectivity index (χ4v) is 1.48. The van der Waals surface area contributed by atoms with Crippen molar-refractivity contribution in [3.8, 4) is 0 Å². The second kappa shape index (κ2) is 5.62. The van der Waals surface area contributed by atoms with E-state index in [9.17, 15) is 0 Å². The van der Waals surface area contributed by atoms with Crippen LogP contribution in [-0.4, -0.2) is 41.6 Å². The molecule has 1 aromatic heterocycles. The summed E-state index contributed by atoms with van der Waals surface area (Å²) < 4.78 is 0. The molecule has 3 N–H and O–H groups in total. The van der Waals surface area contributed by atoms with Crippen LogP contribution in [0.3, 0.4) is 0 Å². The van der Waals surface area contributed by atoms with Gasteiger partial charge < -0.3 is 9.80 Å². The number of hydrogen-bond donors (Lipinski definition) is 2. The lowest BCUT2D eigenvalue weighted by atomic mass is 10.3. The van der Waals surface area contributed by atoms with Gasteiger partial charge in [0.15, 0.2) is 0 Å². The maximum Gasteiger partial charge on any atom is 0.243 e. The van der Waals surface area contributed by atoms with Crippen molar-refractivity contribution in [2.45, 2.75) is 26.8 Å². The van der Waals surface area contributed by atoms with Gasteiger partial charge in [-0.15, -0.1) is 0 Å². The topological polar surface area (TPSA) is 83.2 Å². The first-order chi connectivity index (χ1) is 7.99. The Labute approximate surface area is 102 Å². The molecule has 0 amide bonds. The van der Waals surface area contributed by atoms with Crippen molar-refractivity contribution in [2.24, 2.45) is 5.84 Å². The zero-order valence-electron chi connectivity index (χ0n) is 11.1. The number of anilines is 3. The van der Waals surface area contributed by atoms with Crippen LogP contribution in [0.1, 0.15) is 20.8 Å². The van der Waals surface area contributed by atoms with E-state index >= 15 is 0 Å². The Morgan fingerprint density at radius 2 is 1.76 bits per heavy atom. The standard InChI is InChI=1S/C10H21N7/c1-6-17(7(2)3)10-13-8(15-11)12-9(14-10)16(4)5/h7H,6,11H2,1-5H3,(H,12,13,14,15). The first kappa shape index (κ1) is 13.4. The third-order valence-corrected chi connectivity index (χ3v) is 2.36. The molecule has 0 saturated carbocycles. The van der Waals surface area contributed by atoms with Crippen LogP contribution < -0.4 is 21.1 Å². The molecule has 7 nitrogen and oxygen atoms in total. The van der Waals surface area contributed by atoms with Crippen LogP contribution in [0.25, 0.3) is 0 Å². The molecule has 17 heavy (non-hydrogen) atoms. The van der Waals surface area contributed by atoms with E-state index in [-0.39, 0.29) is 0 Å². The summed E-state index contributed by atoms with van der Waals surface area (Å²) >= 11 is 0. The SMILES string of the molecule is CCN(c1nc(NN)nc(N(C)C)n1)C(C)C. The van der Waals surface area contributed by atoms with Crippen molar-refractivity contribution in [1.82, 2.24) is 15.0 Å². The molecule has 7 heteroatoms. The lowest BCUT2D eigenvalue weighted by Crippen LogP contribution is -2.33. The fourth-order valence-electron chi connectivity index (χ4n) is 1.48. The van der Waals surface area contributed by atoms with Crippen LogP contribution in [-0.2, 0) is 0 Å². The average molecular weight is 239 g/mol. The van der Waals surface area contributed by atoms with Crippen molar-refractivity contribution in [3.05, 3.63) is 0 Å². The van der Waals surface area contributed by atoms with E-state index in [0.29, 0.717) is 23.9 Å². The maximum atomic E-state index is 5.37. The molecule has 0 aliphatic heterocycles. The molecule has 0 aliphatic rings. The van der Waals surface area contributed by atoms with E-state index in [1.807, 2.05) is 19.0 Å². The van der Waals surface area contributed by atoms with Gasteiger partial charge in [0.2, 0.25) is 17.8 Å². The Morgan fingerprint density at radius 1 is 1.18 bits per heavy atom. The number of nitrogens with one attached hydrogen (secondary N) is 1. The van der Waals surface area contributed by atoms with Crippen molar-refractivity contribution in [3.63, 3.8) is 0 Å². The van der Waals surface area contributed by atoms with E-state index in [0.717, 1.165) is 6.54 Å². The van der Waals surface area contributed by atoms with Gasteiger partial charge in [-0.25, -0.2) is 5.84 Å². The second-order valence-corrected chi connectivity index (χ2v) is 4.18. The van der Waals surface area contributed by atoms with Crippen molar-refractivity contribution in [2.75, 3.05) is 35.9 Å². The lowest BCUT2D eigenvalue weighted by molar-refractivity contribution is 0.677. The van der Waals surface area contributed by atoms with Crippen LogP contribution in [0.2, 0.25) is 0 Å².